The third-order valence-electron chi connectivity index (χ3n) is 3.24. The van der Waals surface area contributed by atoms with Gasteiger partial charge in [0.15, 0.2) is 11.5 Å². The molecule has 0 unspecified atom stereocenters. The number of fused-ring (bicyclic) bond motifs is 1. The van der Waals surface area contributed by atoms with E-state index in [2.05, 4.69) is 35.8 Å². The lowest BCUT2D eigenvalue weighted by Gasteiger charge is -2.05. The molecule has 112 valence electrons. The highest BCUT2D eigenvalue weighted by Gasteiger charge is 2.10. The van der Waals surface area contributed by atoms with E-state index in [1.165, 1.54) is 17.3 Å². The van der Waals surface area contributed by atoms with Crippen LogP contribution < -0.4 is 5.32 Å². The zero-order valence-corrected chi connectivity index (χ0v) is 11.7. The smallest absolute Gasteiger partial charge is 0.276 e. The van der Waals surface area contributed by atoms with Gasteiger partial charge in [0.05, 0.1) is 11.7 Å². The molecule has 9 heteroatoms. The number of nitrogens with one attached hydrogen (secondary N) is 2. The summed E-state index contributed by atoms with van der Waals surface area (Å²) < 4.78 is 1.46. The summed E-state index contributed by atoms with van der Waals surface area (Å²) in [6.07, 6.45) is 4.62. The molecule has 4 aromatic rings. The summed E-state index contributed by atoms with van der Waals surface area (Å²) in [5, 5.41) is 22.4. The van der Waals surface area contributed by atoms with Crippen molar-refractivity contribution in [2.24, 2.45) is 0 Å². The highest BCUT2D eigenvalue weighted by atomic mass is 16.1. The van der Waals surface area contributed by atoms with E-state index in [-0.39, 0.29) is 11.6 Å². The number of aromatic nitrogens is 7. The Hall–Kier alpha value is -3.62. The molecule has 4 rings (SSSR count). The molecule has 0 atom stereocenters. The van der Waals surface area contributed by atoms with Crippen molar-refractivity contribution in [3.05, 3.63) is 54.9 Å². The van der Waals surface area contributed by atoms with Crippen molar-refractivity contribution < 1.29 is 4.79 Å². The first-order valence-corrected chi connectivity index (χ1v) is 6.73. The van der Waals surface area contributed by atoms with Crippen LogP contribution in [0.1, 0.15) is 10.5 Å². The number of H-pyrrole nitrogens is 1. The number of benzene rings is 1. The number of aromatic amines is 1. The summed E-state index contributed by atoms with van der Waals surface area (Å²) in [6, 6.07) is 8.70. The van der Waals surface area contributed by atoms with Crippen LogP contribution in [0.25, 0.3) is 16.7 Å². The van der Waals surface area contributed by atoms with Gasteiger partial charge in [-0.1, -0.05) is 0 Å². The monoisotopic (exact) mass is 306 g/mol. The molecule has 0 bridgehead atoms. The van der Waals surface area contributed by atoms with Crippen molar-refractivity contribution in [3.8, 4) is 5.82 Å². The van der Waals surface area contributed by atoms with Gasteiger partial charge in [-0.05, 0) is 30.3 Å². The minimum atomic E-state index is -0.346. The summed E-state index contributed by atoms with van der Waals surface area (Å²) in [5.74, 6) is 0.138. The number of hydrogen-bond donors (Lipinski definition) is 2. The molecule has 0 aliphatic heterocycles. The number of anilines is 1. The first kappa shape index (κ1) is 13.1. The van der Waals surface area contributed by atoms with Gasteiger partial charge >= 0.3 is 0 Å². The second-order valence-corrected chi connectivity index (χ2v) is 4.74. The summed E-state index contributed by atoms with van der Waals surface area (Å²) in [6.45, 7) is 0. The third-order valence-corrected chi connectivity index (χ3v) is 3.24. The first-order valence-electron chi connectivity index (χ1n) is 6.73. The fourth-order valence-corrected chi connectivity index (χ4v) is 2.10. The van der Waals surface area contributed by atoms with Gasteiger partial charge < -0.3 is 5.32 Å². The molecule has 0 aliphatic carbocycles. The predicted molar refractivity (Wildman–Crippen MR) is 81.0 cm³/mol. The molecule has 0 saturated carbocycles. The molecule has 9 nitrogen and oxygen atoms in total. The Kier molecular flexibility index (Phi) is 3.01. The highest BCUT2D eigenvalue weighted by Crippen LogP contribution is 2.17. The van der Waals surface area contributed by atoms with E-state index in [0.717, 1.165) is 10.9 Å². The Morgan fingerprint density at radius 2 is 2.13 bits per heavy atom. The third kappa shape index (κ3) is 2.50. The van der Waals surface area contributed by atoms with Crippen LogP contribution >= 0.6 is 0 Å². The van der Waals surface area contributed by atoms with Gasteiger partial charge in [-0.2, -0.15) is 10.2 Å². The molecule has 0 aliphatic rings. The Balaban J connectivity index is 1.54. The largest absolute Gasteiger partial charge is 0.321 e. The molecule has 0 spiro atoms. The Bertz CT molecular complexity index is 958. The lowest BCUT2D eigenvalue weighted by Crippen LogP contribution is -2.15. The lowest BCUT2D eigenvalue weighted by molar-refractivity contribution is 0.102. The molecule has 0 fully saturated rings. The van der Waals surface area contributed by atoms with Crippen molar-refractivity contribution in [1.82, 2.24) is 35.2 Å². The van der Waals surface area contributed by atoms with Crippen LogP contribution in [0.2, 0.25) is 0 Å². The quantitative estimate of drug-likeness (QED) is 0.587. The number of carbonyl (C=O) groups excluding carboxylic acids is 1. The summed E-state index contributed by atoms with van der Waals surface area (Å²) in [7, 11) is 0. The minimum absolute atomic E-state index is 0.207. The molecule has 3 heterocycles. The van der Waals surface area contributed by atoms with Crippen LogP contribution in [0.5, 0.6) is 0 Å². The van der Waals surface area contributed by atoms with E-state index in [1.807, 2.05) is 6.07 Å². The van der Waals surface area contributed by atoms with Crippen molar-refractivity contribution in [3.63, 3.8) is 0 Å². The molecule has 0 saturated heterocycles. The molecular formula is C14H10N8O. The number of nitrogens with zero attached hydrogens (tertiary/aromatic N) is 6. The molecule has 1 amide bonds. The van der Waals surface area contributed by atoms with Gasteiger partial charge in [-0.3, -0.25) is 9.89 Å². The fourth-order valence-electron chi connectivity index (χ4n) is 2.10. The topological polar surface area (TPSA) is 114 Å². The van der Waals surface area contributed by atoms with Crippen LogP contribution in [0.4, 0.5) is 5.69 Å². The zero-order chi connectivity index (χ0) is 15.6. The fraction of sp³-hybridized carbons (Fsp3) is 0. The molecule has 2 N–H and O–H groups in total. The van der Waals surface area contributed by atoms with Crippen molar-refractivity contribution >= 4 is 22.5 Å². The zero-order valence-electron chi connectivity index (χ0n) is 11.7. The standard InChI is InChI=1S/C14H10N8O/c23-14(18-10-2-1-9-6-16-19-12(9)5-10)11-3-4-13(21-20-11)22-8-15-7-17-22/h1-8H,(H,16,19)(H,18,23). The van der Waals surface area contributed by atoms with Gasteiger partial charge in [0, 0.05) is 11.1 Å². The maximum absolute atomic E-state index is 12.2. The van der Waals surface area contributed by atoms with Gasteiger partial charge in [0.25, 0.3) is 5.91 Å². The van der Waals surface area contributed by atoms with Crippen LogP contribution in [-0.2, 0) is 0 Å². The van der Waals surface area contributed by atoms with E-state index in [1.54, 1.807) is 30.5 Å². The second-order valence-electron chi connectivity index (χ2n) is 4.74. The number of rotatable bonds is 3. The van der Waals surface area contributed by atoms with Gasteiger partial charge in [-0.15, -0.1) is 10.2 Å². The first-order chi connectivity index (χ1) is 11.3. The molecule has 3 aromatic heterocycles. The van der Waals surface area contributed by atoms with E-state index < -0.39 is 0 Å². The Morgan fingerprint density at radius 3 is 2.91 bits per heavy atom. The molecular weight excluding hydrogens is 296 g/mol. The Morgan fingerprint density at radius 1 is 1.17 bits per heavy atom. The van der Waals surface area contributed by atoms with Crippen LogP contribution in [0.15, 0.2) is 49.2 Å². The van der Waals surface area contributed by atoms with E-state index in [0.29, 0.717) is 11.5 Å². The SMILES string of the molecule is O=C(Nc1ccc2cn[nH]c2c1)c1ccc(-n2cncn2)nn1. The molecule has 23 heavy (non-hydrogen) atoms. The van der Waals surface area contributed by atoms with Crippen molar-refractivity contribution in [2.45, 2.75) is 0 Å². The average molecular weight is 306 g/mol. The lowest BCUT2D eigenvalue weighted by atomic mass is 10.2. The highest BCUT2D eigenvalue weighted by molar-refractivity contribution is 6.03. The normalized spacial score (nSPS) is 10.8. The van der Waals surface area contributed by atoms with E-state index in [4.69, 9.17) is 0 Å². The summed E-state index contributed by atoms with van der Waals surface area (Å²) in [5.41, 5.74) is 1.70. The molecule has 1 aromatic carbocycles. The van der Waals surface area contributed by atoms with E-state index in [9.17, 15) is 4.79 Å². The Labute approximate surface area is 129 Å². The maximum atomic E-state index is 12.2. The second kappa shape index (κ2) is 5.30. The minimum Gasteiger partial charge on any atom is -0.321 e. The average Bonchev–Trinajstić information content (AvgIpc) is 3.26. The van der Waals surface area contributed by atoms with E-state index >= 15 is 0 Å². The van der Waals surface area contributed by atoms with Gasteiger partial charge in [0.1, 0.15) is 12.7 Å². The van der Waals surface area contributed by atoms with Crippen molar-refractivity contribution in [2.75, 3.05) is 5.32 Å². The number of hydrogen-bond acceptors (Lipinski definition) is 6. The summed E-state index contributed by atoms with van der Waals surface area (Å²) in [4.78, 5) is 16.0. The summed E-state index contributed by atoms with van der Waals surface area (Å²) >= 11 is 0. The predicted octanol–water partition coefficient (Wildman–Crippen LogP) is 1.19. The van der Waals surface area contributed by atoms with Crippen molar-refractivity contribution in [1.29, 1.82) is 0 Å². The number of carbonyl (C=O) groups is 1. The maximum Gasteiger partial charge on any atom is 0.276 e. The van der Waals surface area contributed by atoms with Crippen LogP contribution in [0.3, 0.4) is 0 Å². The van der Waals surface area contributed by atoms with Gasteiger partial charge in [-0.25, -0.2) is 9.67 Å². The van der Waals surface area contributed by atoms with Crippen LogP contribution in [-0.4, -0.2) is 41.1 Å². The number of amides is 1. The molecule has 0 radical (unpaired) electrons. The van der Waals surface area contributed by atoms with Crippen LogP contribution in [0, 0.1) is 0 Å². The van der Waals surface area contributed by atoms with Gasteiger partial charge in [0.2, 0.25) is 0 Å².